The third-order valence-corrected chi connectivity index (χ3v) is 3.08. The van der Waals surface area contributed by atoms with Gasteiger partial charge in [0.1, 0.15) is 12.3 Å². The SMILES string of the molecule is CNC(=O)CN1CCN(c2ccccc2OC)C1=O. The van der Waals surface area contributed by atoms with E-state index in [1.54, 1.807) is 19.1 Å². The Labute approximate surface area is 111 Å². The van der Waals surface area contributed by atoms with Crippen LogP contribution in [0.25, 0.3) is 0 Å². The fourth-order valence-corrected chi connectivity index (χ4v) is 2.06. The number of likely N-dealkylation sites (N-methyl/N-ethyl adjacent to an activating group) is 1. The van der Waals surface area contributed by atoms with Gasteiger partial charge < -0.3 is 15.0 Å². The van der Waals surface area contributed by atoms with Gasteiger partial charge in [0.2, 0.25) is 5.91 Å². The number of carbonyl (C=O) groups excluding carboxylic acids is 2. The molecule has 1 aliphatic heterocycles. The van der Waals surface area contributed by atoms with Gasteiger partial charge in [-0.2, -0.15) is 0 Å². The Kier molecular flexibility index (Phi) is 3.89. The number of hydrogen-bond donors (Lipinski definition) is 1. The van der Waals surface area contributed by atoms with E-state index in [1.807, 2.05) is 24.3 Å². The molecule has 3 amide bonds. The second kappa shape index (κ2) is 5.60. The van der Waals surface area contributed by atoms with Gasteiger partial charge in [-0.3, -0.25) is 9.69 Å². The number of nitrogens with zero attached hydrogens (tertiary/aromatic N) is 2. The molecule has 2 rings (SSSR count). The molecule has 1 aromatic rings. The topological polar surface area (TPSA) is 61.9 Å². The Balaban J connectivity index is 2.15. The number of urea groups is 1. The van der Waals surface area contributed by atoms with E-state index in [1.165, 1.54) is 4.90 Å². The van der Waals surface area contributed by atoms with Crippen LogP contribution in [-0.2, 0) is 4.79 Å². The summed E-state index contributed by atoms with van der Waals surface area (Å²) in [6.45, 7) is 1.17. The predicted octanol–water partition coefficient (Wildman–Crippen LogP) is 0.683. The number of amides is 3. The molecule has 0 bridgehead atoms. The minimum atomic E-state index is -0.173. The zero-order chi connectivity index (χ0) is 13.8. The number of methoxy groups -OCH3 is 1. The van der Waals surface area contributed by atoms with Gasteiger partial charge in [0, 0.05) is 20.1 Å². The van der Waals surface area contributed by atoms with Crippen molar-refractivity contribution in [2.75, 3.05) is 38.7 Å². The molecule has 6 heteroatoms. The van der Waals surface area contributed by atoms with Crippen molar-refractivity contribution in [1.29, 1.82) is 0 Å². The summed E-state index contributed by atoms with van der Waals surface area (Å²) < 4.78 is 5.25. The maximum atomic E-state index is 12.2. The highest BCUT2D eigenvalue weighted by molar-refractivity contribution is 5.97. The Morgan fingerprint density at radius 1 is 1.37 bits per heavy atom. The van der Waals surface area contributed by atoms with Crippen molar-refractivity contribution in [3.8, 4) is 5.75 Å². The normalized spacial score (nSPS) is 14.7. The zero-order valence-corrected chi connectivity index (χ0v) is 11.0. The Bertz CT molecular complexity index is 490. The van der Waals surface area contributed by atoms with E-state index >= 15 is 0 Å². The number of benzene rings is 1. The highest BCUT2D eigenvalue weighted by Crippen LogP contribution is 2.30. The third kappa shape index (κ3) is 2.62. The smallest absolute Gasteiger partial charge is 0.325 e. The number of carbonyl (C=O) groups is 2. The van der Waals surface area contributed by atoms with Crippen molar-refractivity contribution in [3.63, 3.8) is 0 Å². The average Bonchev–Trinajstić information content (AvgIpc) is 2.80. The number of ether oxygens (including phenoxy) is 1. The van der Waals surface area contributed by atoms with Crippen LogP contribution < -0.4 is 15.0 Å². The van der Waals surface area contributed by atoms with Gasteiger partial charge in [0.15, 0.2) is 0 Å². The van der Waals surface area contributed by atoms with E-state index in [2.05, 4.69) is 5.32 Å². The fourth-order valence-electron chi connectivity index (χ4n) is 2.06. The minimum absolute atomic E-state index is 0.0843. The van der Waals surface area contributed by atoms with Gasteiger partial charge in [0.25, 0.3) is 0 Å². The first kappa shape index (κ1) is 13.2. The van der Waals surface area contributed by atoms with Gasteiger partial charge in [-0.25, -0.2) is 4.79 Å². The molecule has 1 saturated heterocycles. The van der Waals surface area contributed by atoms with Crippen molar-refractivity contribution in [2.45, 2.75) is 0 Å². The van der Waals surface area contributed by atoms with Gasteiger partial charge in [-0.05, 0) is 12.1 Å². The predicted molar refractivity (Wildman–Crippen MR) is 71.4 cm³/mol. The molecule has 0 aliphatic carbocycles. The van der Waals surface area contributed by atoms with Crippen LogP contribution in [0, 0.1) is 0 Å². The summed E-state index contributed by atoms with van der Waals surface area (Å²) in [7, 11) is 3.13. The van der Waals surface area contributed by atoms with E-state index in [0.717, 1.165) is 5.69 Å². The molecule has 19 heavy (non-hydrogen) atoms. The van der Waals surface area contributed by atoms with Crippen molar-refractivity contribution in [1.82, 2.24) is 10.2 Å². The van der Waals surface area contributed by atoms with E-state index in [9.17, 15) is 9.59 Å². The fraction of sp³-hybridized carbons (Fsp3) is 0.385. The summed E-state index contributed by atoms with van der Waals surface area (Å²) in [5, 5.41) is 2.51. The van der Waals surface area contributed by atoms with Crippen LogP contribution in [0.4, 0.5) is 10.5 Å². The van der Waals surface area contributed by atoms with Crippen LogP contribution in [0.15, 0.2) is 24.3 Å². The first-order valence-corrected chi connectivity index (χ1v) is 6.07. The molecule has 0 saturated carbocycles. The molecule has 1 aliphatic rings. The largest absolute Gasteiger partial charge is 0.495 e. The molecule has 6 nitrogen and oxygen atoms in total. The minimum Gasteiger partial charge on any atom is -0.495 e. The van der Waals surface area contributed by atoms with Crippen molar-refractivity contribution >= 4 is 17.6 Å². The molecular formula is C13H17N3O3. The molecule has 1 N–H and O–H groups in total. The van der Waals surface area contributed by atoms with Crippen LogP contribution in [0.1, 0.15) is 0 Å². The average molecular weight is 263 g/mol. The first-order chi connectivity index (χ1) is 9.17. The van der Waals surface area contributed by atoms with Crippen LogP contribution in [0.2, 0.25) is 0 Å². The summed E-state index contributed by atoms with van der Waals surface area (Å²) in [5.74, 6) is 0.480. The van der Waals surface area contributed by atoms with Crippen molar-refractivity contribution in [3.05, 3.63) is 24.3 Å². The van der Waals surface area contributed by atoms with E-state index in [-0.39, 0.29) is 18.5 Å². The standard InChI is InChI=1S/C13H17N3O3/c1-14-12(17)9-15-7-8-16(13(15)18)10-5-3-4-6-11(10)19-2/h3-6H,7-9H2,1-2H3,(H,14,17). The Morgan fingerprint density at radius 2 is 2.11 bits per heavy atom. The zero-order valence-electron chi connectivity index (χ0n) is 11.0. The maximum absolute atomic E-state index is 12.2. The van der Waals surface area contributed by atoms with Gasteiger partial charge in [-0.15, -0.1) is 0 Å². The molecule has 0 unspecified atom stereocenters. The number of nitrogens with one attached hydrogen (secondary N) is 1. The van der Waals surface area contributed by atoms with Gasteiger partial charge in [0.05, 0.1) is 12.8 Å². The van der Waals surface area contributed by atoms with E-state index < -0.39 is 0 Å². The van der Waals surface area contributed by atoms with Gasteiger partial charge in [-0.1, -0.05) is 12.1 Å². The molecule has 0 aromatic heterocycles. The molecule has 0 spiro atoms. The quantitative estimate of drug-likeness (QED) is 0.869. The first-order valence-electron chi connectivity index (χ1n) is 6.07. The van der Waals surface area contributed by atoms with Crippen LogP contribution in [0.3, 0.4) is 0 Å². The number of rotatable bonds is 4. The lowest BCUT2D eigenvalue weighted by atomic mass is 10.2. The Morgan fingerprint density at radius 3 is 2.79 bits per heavy atom. The van der Waals surface area contributed by atoms with Crippen LogP contribution >= 0.6 is 0 Å². The molecule has 1 heterocycles. The van der Waals surface area contributed by atoms with Crippen LogP contribution in [-0.4, -0.2) is 50.6 Å². The molecule has 0 radical (unpaired) electrons. The summed E-state index contributed by atoms with van der Waals surface area (Å²) in [6.07, 6.45) is 0. The molecular weight excluding hydrogens is 246 g/mol. The monoisotopic (exact) mass is 263 g/mol. The summed E-state index contributed by atoms with van der Waals surface area (Å²) in [6, 6.07) is 7.18. The second-order valence-electron chi connectivity index (χ2n) is 4.20. The van der Waals surface area contributed by atoms with E-state index in [0.29, 0.717) is 18.8 Å². The molecule has 102 valence electrons. The van der Waals surface area contributed by atoms with Crippen LogP contribution in [0.5, 0.6) is 5.75 Å². The van der Waals surface area contributed by atoms with Gasteiger partial charge >= 0.3 is 6.03 Å². The maximum Gasteiger partial charge on any atom is 0.325 e. The number of para-hydroxylation sites is 2. The molecule has 1 fully saturated rings. The van der Waals surface area contributed by atoms with E-state index in [4.69, 9.17) is 4.74 Å². The Hall–Kier alpha value is -2.24. The lowest BCUT2D eigenvalue weighted by Gasteiger charge is -2.20. The molecule has 0 atom stereocenters. The third-order valence-electron chi connectivity index (χ3n) is 3.08. The summed E-state index contributed by atoms with van der Waals surface area (Å²) in [4.78, 5) is 26.7. The lowest BCUT2D eigenvalue weighted by molar-refractivity contribution is -0.121. The summed E-state index contributed by atoms with van der Waals surface area (Å²) >= 11 is 0. The van der Waals surface area contributed by atoms with Crippen molar-refractivity contribution < 1.29 is 14.3 Å². The molecule has 1 aromatic carbocycles. The van der Waals surface area contributed by atoms with Crippen molar-refractivity contribution in [2.24, 2.45) is 0 Å². The number of hydrogen-bond acceptors (Lipinski definition) is 3. The number of anilines is 1. The summed E-state index contributed by atoms with van der Waals surface area (Å²) in [5.41, 5.74) is 0.731. The lowest BCUT2D eigenvalue weighted by Crippen LogP contribution is -2.38. The highest BCUT2D eigenvalue weighted by atomic mass is 16.5. The second-order valence-corrected chi connectivity index (χ2v) is 4.20. The highest BCUT2D eigenvalue weighted by Gasteiger charge is 2.31.